The summed E-state index contributed by atoms with van der Waals surface area (Å²) in [4.78, 5) is 14.9. The van der Waals surface area contributed by atoms with Crippen LogP contribution in [0, 0.1) is 0 Å². The molecule has 2 rings (SSSR count). The zero-order valence-electron chi connectivity index (χ0n) is 8.88. The van der Waals surface area contributed by atoms with Gasteiger partial charge in [-0.3, -0.25) is 9.67 Å². The molecule has 5 nitrogen and oxygen atoms in total. The smallest absolute Gasteiger partial charge is 0.354 e. The van der Waals surface area contributed by atoms with Gasteiger partial charge in [-0.2, -0.15) is 5.10 Å². The number of aryl methyl sites for hydroxylation is 1. The van der Waals surface area contributed by atoms with Gasteiger partial charge < -0.3 is 5.11 Å². The fourth-order valence-electron chi connectivity index (χ4n) is 1.49. The van der Waals surface area contributed by atoms with Crippen LogP contribution in [0.1, 0.15) is 10.5 Å². The van der Waals surface area contributed by atoms with Crippen molar-refractivity contribution in [1.29, 1.82) is 0 Å². The summed E-state index contributed by atoms with van der Waals surface area (Å²) in [6.45, 7) is -0.726. The molecule has 17 heavy (non-hydrogen) atoms. The summed E-state index contributed by atoms with van der Waals surface area (Å²) >= 11 is 0. The second-order valence-electron chi connectivity index (χ2n) is 3.37. The van der Waals surface area contributed by atoms with Crippen molar-refractivity contribution < 1.29 is 14.3 Å². The molecule has 0 aliphatic rings. The van der Waals surface area contributed by atoms with E-state index < -0.39 is 12.6 Å². The Kier molecular flexibility index (Phi) is 3.13. The minimum absolute atomic E-state index is 0.0264. The van der Waals surface area contributed by atoms with Gasteiger partial charge in [0.2, 0.25) is 0 Å². The molecular formula is C11H10FN3O2. The molecule has 0 bridgehead atoms. The number of carboxylic acids is 1. The highest BCUT2D eigenvalue weighted by atomic mass is 19.1. The largest absolute Gasteiger partial charge is 0.477 e. The third kappa shape index (κ3) is 2.30. The van der Waals surface area contributed by atoms with Gasteiger partial charge in [-0.05, 0) is 18.2 Å². The molecule has 6 heteroatoms. The van der Waals surface area contributed by atoms with Crippen molar-refractivity contribution in [2.45, 2.75) is 6.54 Å². The monoisotopic (exact) mass is 235 g/mol. The summed E-state index contributed by atoms with van der Waals surface area (Å²) in [5, 5.41) is 13.0. The Hall–Kier alpha value is -2.24. The van der Waals surface area contributed by atoms with E-state index in [2.05, 4.69) is 10.1 Å². The van der Waals surface area contributed by atoms with Gasteiger partial charge in [0.25, 0.3) is 0 Å². The lowest BCUT2D eigenvalue weighted by molar-refractivity contribution is 0.0682. The number of alkyl halides is 1. The van der Waals surface area contributed by atoms with Crippen molar-refractivity contribution in [2.75, 3.05) is 6.67 Å². The molecule has 0 saturated carbocycles. The number of pyridine rings is 1. The van der Waals surface area contributed by atoms with Gasteiger partial charge in [0.05, 0.1) is 12.2 Å². The van der Waals surface area contributed by atoms with E-state index in [0.717, 1.165) is 4.68 Å². The molecule has 0 amide bonds. The summed E-state index contributed by atoms with van der Waals surface area (Å²) in [7, 11) is 0. The van der Waals surface area contributed by atoms with Crippen LogP contribution in [-0.2, 0) is 6.54 Å². The Morgan fingerprint density at radius 1 is 1.53 bits per heavy atom. The minimum atomic E-state index is -1.12. The molecule has 1 N–H and O–H groups in total. The van der Waals surface area contributed by atoms with E-state index in [4.69, 9.17) is 5.11 Å². The van der Waals surface area contributed by atoms with E-state index in [-0.39, 0.29) is 12.2 Å². The molecule has 0 saturated heterocycles. The number of hydrogen-bond donors (Lipinski definition) is 1. The van der Waals surface area contributed by atoms with Crippen LogP contribution in [0.15, 0.2) is 30.6 Å². The van der Waals surface area contributed by atoms with Gasteiger partial charge in [0.15, 0.2) is 0 Å². The summed E-state index contributed by atoms with van der Waals surface area (Å²) in [5.74, 6) is -1.12. The zero-order chi connectivity index (χ0) is 12.3. The second-order valence-corrected chi connectivity index (χ2v) is 3.37. The average molecular weight is 235 g/mol. The molecule has 0 aliphatic heterocycles. The Morgan fingerprint density at radius 3 is 2.94 bits per heavy atom. The molecule has 2 aromatic heterocycles. The summed E-state index contributed by atoms with van der Waals surface area (Å²) in [6.07, 6.45) is 3.19. The van der Waals surface area contributed by atoms with E-state index in [0.29, 0.717) is 11.3 Å². The van der Waals surface area contributed by atoms with Crippen molar-refractivity contribution in [3.8, 4) is 11.3 Å². The van der Waals surface area contributed by atoms with E-state index in [9.17, 15) is 9.18 Å². The van der Waals surface area contributed by atoms with Crippen LogP contribution >= 0.6 is 0 Å². The molecule has 0 aliphatic carbocycles. The maximum atomic E-state index is 12.3. The maximum absolute atomic E-state index is 12.3. The topological polar surface area (TPSA) is 68.0 Å². The molecule has 0 aromatic carbocycles. The highest BCUT2D eigenvalue weighted by Crippen LogP contribution is 2.17. The Bertz CT molecular complexity index is 525. The predicted octanol–water partition coefficient (Wildman–Crippen LogP) is 1.61. The first-order valence-electron chi connectivity index (χ1n) is 5.00. The summed E-state index contributed by atoms with van der Waals surface area (Å²) in [5.41, 5.74) is 1.15. The van der Waals surface area contributed by atoms with Crippen LogP contribution in [0.3, 0.4) is 0 Å². The Labute approximate surface area is 96.5 Å². The van der Waals surface area contributed by atoms with Gasteiger partial charge in [0.1, 0.15) is 12.4 Å². The van der Waals surface area contributed by atoms with Gasteiger partial charge in [-0.15, -0.1) is 0 Å². The highest BCUT2D eigenvalue weighted by molar-refractivity contribution is 5.87. The number of nitrogens with zero attached hydrogens (tertiary/aromatic N) is 3. The molecule has 0 fully saturated rings. The SMILES string of the molecule is O=C(O)c1cc(-c2cccnc2)nn1CCF. The quantitative estimate of drug-likeness (QED) is 0.874. The number of aromatic nitrogens is 3. The van der Waals surface area contributed by atoms with Gasteiger partial charge in [0, 0.05) is 18.0 Å². The van der Waals surface area contributed by atoms with Crippen molar-refractivity contribution in [3.63, 3.8) is 0 Å². The standard InChI is InChI=1S/C11H10FN3O2/c12-3-5-15-10(11(16)17)6-9(14-15)8-2-1-4-13-7-8/h1-2,4,6-7H,3,5H2,(H,16,17). The van der Waals surface area contributed by atoms with Crippen LogP contribution in [0.4, 0.5) is 4.39 Å². The first-order valence-corrected chi connectivity index (χ1v) is 5.00. The van der Waals surface area contributed by atoms with Crippen LogP contribution in [0.5, 0.6) is 0 Å². The normalized spacial score (nSPS) is 10.4. The minimum Gasteiger partial charge on any atom is -0.477 e. The predicted molar refractivity (Wildman–Crippen MR) is 58.4 cm³/mol. The van der Waals surface area contributed by atoms with Gasteiger partial charge >= 0.3 is 5.97 Å². The number of carboxylic acid groups (broad SMARTS) is 1. The fraction of sp³-hybridized carbons (Fsp3) is 0.182. The van der Waals surface area contributed by atoms with Gasteiger partial charge in [-0.25, -0.2) is 9.18 Å². The molecule has 88 valence electrons. The highest BCUT2D eigenvalue weighted by Gasteiger charge is 2.14. The number of halogens is 1. The molecule has 0 radical (unpaired) electrons. The van der Waals surface area contributed by atoms with E-state index in [1.807, 2.05) is 0 Å². The fourth-order valence-corrected chi connectivity index (χ4v) is 1.49. The van der Waals surface area contributed by atoms with Crippen molar-refractivity contribution in [2.24, 2.45) is 0 Å². The lowest BCUT2D eigenvalue weighted by atomic mass is 10.2. The number of rotatable bonds is 4. The van der Waals surface area contributed by atoms with E-state index in [1.54, 1.807) is 24.5 Å². The molecule has 0 unspecified atom stereocenters. The first-order chi connectivity index (χ1) is 8.22. The lowest BCUT2D eigenvalue weighted by Crippen LogP contribution is -2.10. The van der Waals surface area contributed by atoms with Crippen LogP contribution in [-0.4, -0.2) is 32.5 Å². The van der Waals surface area contributed by atoms with Crippen LogP contribution in [0.2, 0.25) is 0 Å². The molecule has 2 aromatic rings. The van der Waals surface area contributed by atoms with Crippen LogP contribution < -0.4 is 0 Å². The van der Waals surface area contributed by atoms with Crippen molar-refractivity contribution in [1.82, 2.24) is 14.8 Å². The van der Waals surface area contributed by atoms with E-state index >= 15 is 0 Å². The molecular weight excluding hydrogens is 225 g/mol. The van der Waals surface area contributed by atoms with Crippen molar-refractivity contribution in [3.05, 3.63) is 36.3 Å². The number of carbonyl (C=O) groups is 1. The zero-order valence-corrected chi connectivity index (χ0v) is 8.88. The maximum Gasteiger partial charge on any atom is 0.354 e. The third-order valence-corrected chi connectivity index (χ3v) is 2.25. The van der Waals surface area contributed by atoms with E-state index in [1.165, 1.54) is 6.07 Å². The lowest BCUT2D eigenvalue weighted by Gasteiger charge is -1.99. The Morgan fingerprint density at radius 2 is 2.35 bits per heavy atom. The molecule has 0 spiro atoms. The second kappa shape index (κ2) is 4.73. The number of hydrogen-bond acceptors (Lipinski definition) is 3. The first kappa shape index (κ1) is 11.3. The molecule has 0 atom stereocenters. The Balaban J connectivity index is 2.44. The van der Waals surface area contributed by atoms with Crippen LogP contribution in [0.25, 0.3) is 11.3 Å². The average Bonchev–Trinajstić information content (AvgIpc) is 2.75. The summed E-state index contributed by atoms with van der Waals surface area (Å²) in [6, 6.07) is 4.90. The third-order valence-electron chi connectivity index (χ3n) is 2.25. The molecule has 2 heterocycles. The number of aromatic carboxylic acids is 1. The van der Waals surface area contributed by atoms with Gasteiger partial charge in [-0.1, -0.05) is 0 Å². The van der Waals surface area contributed by atoms with Crippen molar-refractivity contribution >= 4 is 5.97 Å². The summed E-state index contributed by atoms with van der Waals surface area (Å²) < 4.78 is 13.4.